The Morgan fingerprint density at radius 1 is 1.56 bits per heavy atom. The highest BCUT2D eigenvalue weighted by atomic mass is 16.6. The molecule has 0 bridgehead atoms. The van der Waals surface area contributed by atoms with Gasteiger partial charge >= 0.3 is 5.88 Å². The first-order chi connectivity index (χ1) is 8.28. The number of hydrogen-bond donors (Lipinski definition) is 1. The van der Waals surface area contributed by atoms with E-state index < -0.39 is 4.92 Å². The van der Waals surface area contributed by atoms with Gasteiger partial charge in [-0.3, -0.25) is 14.9 Å². The molecule has 18 heavy (non-hydrogen) atoms. The van der Waals surface area contributed by atoms with Crippen molar-refractivity contribution in [2.45, 2.75) is 0 Å². The Bertz CT molecular complexity index is 472. The van der Waals surface area contributed by atoms with Crippen LogP contribution in [0.5, 0.6) is 0 Å². The predicted octanol–water partition coefficient (Wildman–Crippen LogP) is 0.344. The van der Waals surface area contributed by atoms with Crippen molar-refractivity contribution < 1.29 is 18.6 Å². The number of quaternary nitrogens is 1. The molecular formula is C10H15N4O4+. The van der Waals surface area contributed by atoms with Gasteiger partial charge < -0.3 is 8.90 Å². The summed E-state index contributed by atoms with van der Waals surface area (Å²) in [6, 6.07) is 2.61. The van der Waals surface area contributed by atoms with Crippen LogP contribution >= 0.6 is 0 Å². The van der Waals surface area contributed by atoms with E-state index in [1.54, 1.807) is 0 Å². The molecule has 1 aromatic rings. The lowest BCUT2D eigenvalue weighted by molar-refractivity contribution is -0.862. The number of hydrogen-bond acceptors (Lipinski definition) is 5. The molecule has 0 saturated heterocycles. The van der Waals surface area contributed by atoms with Crippen molar-refractivity contribution in [3.63, 3.8) is 0 Å². The minimum absolute atomic E-state index is 0.201. The third-order valence-electron chi connectivity index (χ3n) is 1.79. The highest BCUT2D eigenvalue weighted by molar-refractivity contribution is 5.81. The molecule has 8 heteroatoms. The van der Waals surface area contributed by atoms with E-state index in [0.29, 0.717) is 4.48 Å². The van der Waals surface area contributed by atoms with Crippen LogP contribution in [0.1, 0.15) is 5.76 Å². The Balaban J connectivity index is 2.49. The number of nitrogens with zero attached hydrogens (tertiary/aromatic N) is 3. The van der Waals surface area contributed by atoms with E-state index in [1.165, 1.54) is 18.3 Å². The summed E-state index contributed by atoms with van der Waals surface area (Å²) in [7, 11) is 5.62. The summed E-state index contributed by atoms with van der Waals surface area (Å²) in [6.07, 6.45) is 1.21. The van der Waals surface area contributed by atoms with Crippen molar-refractivity contribution >= 4 is 18.0 Å². The van der Waals surface area contributed by atoms with Gasteiger partial charge in [0.25, 0.3) is 5.91 Å². The maximum absolute atomic E-state index is 11.4. The quantitative estimate of drug-likeness (QED) is 0.355. The van der Waals surface area contributed by atoms with E-state index in [4.69, 9.17) is 4.42 Å². The molecule has 1 aromatic heterocycles. The van der Waals surface area contributed by atoms with Gasteiger partial charge in [-0.05, 0) is 6.07 Å². The molecule has 98 valence electrons. The van der Waals surface area contributed by atoms with E-state index >= 15 is 0 Å². The zero-order chi connectivity index (χ0) is 13.8. The molecule has 0 unspecified atom stereocenters. The fourth-order valence-electron chi connectivity index (χ4n) is 1.14. The van der Waals surface area contributed by atoms with Gasteiger partial charge in [-0.2, -0.15) is 5.10 Å². The summed E-state index contributed by atoms with van der Waals surface area (Å²) in [5.74, 6) is -0.416. The van der Waals surface area contributed by atoms with Gasteiger partial charge in [0, 0.05) is 0 Å². The van der Waals surface area contributed by atoms with Gasteiger partial charge in [0.1, 0.15) is 4.92 Å². The molecule has 8 nitrogen and oxygen atoms in total. The Hall–Kier alpha value is -2.22. The van der Waals surface area contributed by atoms with Gasteiger partial charge in [0.05, 0.1) is 33.4 Å². The van der Waals surface area contributed by atoms with E-state index in [-0.39, 0.29) is 24.1 Å². The number of amides is 1. The summed E-state index contributed by atoms with van der Waals surface area (Å²) in [5, 5.41) is 14.0. The van der Waals surface area contributed by atoms with Crippen LogP contribution in [0.15, 0.2) is 21.7 Å². The van der Waals surface area contributed by atoms with Gasteiger partial charge in [-0.1, -0.05) is 0 Å². The SMILES string of the molecule is C[N+](C)(C)CC(=O)N/N=C\c1ccc([N+](=O)[O-])o1. The third-order valence-corrected chi connectivity index (χ3v) is 1.79. The lowest BCUT2D eigenvalue weighted by Crippen LogP contribution is -2.43. The molecule has 1 amide bonds. The fraction of sp³-hybridized carbons (Fsp3) is 0.400. The first-order valence-corrected chi connectivity index (χ1v) is 5.14. The van der Waals surface area contributed by atoms with E-state index in [9.17, 15) is 14.9 Å². The molecule has 0 radical (unpaired) electrons. The molecule has 0 spiro atoms. The summed E-state index contributed by atoms with van der Waals surface area (Å²) in [4.78, 5) is 21.1. The Labute approximate surface area is 104 Å². The van der Waals surface area contributed by atoms with Crippen LogP contribution in [0.3, 0.4) is 0 Å². The van der Waals surface area contributed by atoms with Crippen molar-refractivity contribution in [3.8, 4) is 0 Å². The maximum atomic E-state index is 11.4. The van der Waals surface area contributed by atoms with Gasteiger partial charge in [0.2, 0.25) is 0 Å². The monoisotopic (exact) mass is 255 g/mol. The molecule has 0 aliphatic carbocycles. The molecule has 0 atom stereocenters. The second kappa shape index (κ2) is 5.41. The van der Waals surface area contributed by atoms with Crippen LogP contribution in [0.4, 0.5) is 5.88 Å². The van der Waals surface area contributed by atoms with Crippen LogP contribution in [0.25, 0.3) is 0 Å². The number of nitrogens with one attached hydrogen (secondary N) is 1. The second-order valence-electron chi connectivity index (χ2n) is 4.67. The number of carbonyl (C=O) groups excluding carboxylic acids is 1. The van der Waals surface area contributed by atoms with Gasteiger partial charge in [-0.15, -0.1) is 0 Å². The topological polar surface area (TPSA) is 97.7 Å². The van der Waals surface area contributed by atoms with E-state index in [1.807, 2.05) is 21.1 Å². The van der Waals surface area contributed by atoms with Crippen molar-refractivity contribution in [1.82, 2.24) is 5.43 Å². The van der Waals surface area contributed by atoms with Crippen LogP contribution in [0, 0.1) is 10.1 Å². The standard InChI is InChI=1S/C10H14N4O4/c1-14(2,3)7-9(15)12-11-6-8-4-5-10(18-8)13(16)17/h4-6H,7H2,1-3H3/p+1/b11-6-. The third kappa shape index (κ3) is 4.74. The van der Waals surface area contributed by atoms with Crippen LogP contribution in [-0.4, -0.2) is 49.2 Å². The zero-order valence-electron chi connectivity index (χ0n) is 10.4. The van der Waals surface area contributed by atoms with Crippen molar-refractivity contribution in [3.05, 3.63) is 28.0 Å². The normalized spacial score (nSPS) is 11.7. The lowest BCUT2D eigenvalue weighted by atomic mass is 10.5. The number of furan rings is 1. The molecule has 0 saturated carbocycles. The summed E-state index contributed by atoms with van der Waals surface area (Å²) >= 11 is 0. The Morgan fingerprint density at radius 2 is 2.22 bits per heavy atom. The van der Waals surface area contributed by atoms with Gasteiger partial charge in [0.15, 0.2) is 12.3 Å². The Kier molecular flexibility index (Phi) is 4.16. The number of hydrazone groups is 1. The van der Waals surface area contributed by atoms with E-state index in [0.717, 1.165) is 0 Å². The molecule has 0 aliphatic rings. The molecule has 1 heterocycles. The number of likely N-dealkylation sites (N-methyl/N-ethyl adjacent to an activating group) is 1. The number of rotatable bonds is 5. The number of nitro groups is 1. The smallest absolute Gasteiger partial charge is 0.400 e. The summed E-state index contributed by atoms with van der Waals surface area (Å²) in [6.45, 7) is 0.273. The van der Waals surface area contributed by atoms with E-state index in [2.05, 4.69) is 10.5 Å². The van der Waals surface area contributed by atoms with Gasteiger partial charge in [-0.25, -0.2) is 5.43 Å². The fourth-order valence-corrected chi connectivity index (χ4v) is 1.14. The van der Waals surface area contributed by atoms with Crippen LogP contribution in [-0.2, 0) is 4.79 Å². The average Bonchev–Trinajstić information content (AvgIpc) is 2.63. The minimum Gasteiger partial charge on any atom is -0.400 e. The maximum Gasteiger partial charge on any atom is 0.433 e. The van der Waals surface area contributed by atoms with Crippen molar-refractivity contribution in [1.29, 1.82) is 0 Å². The van der Waals surface area contributed by atoms with Crippen LogP contribution in [0.2, 0.25) is 0 Å². The predicted molar refractivity (Wildman–Crippen MR) is 64.0 cm³/mol. The molecule has 1 N–H and O–H groups in total. The molecule has 0 aromatic carbocycles. The summed E-state index contributed by atoms with van der Waals surface area (Å²) < 4.78 is 5.30. The highest BCUT2D eigenvalue weighted by Gasteiger charge is 2.13. The average molecular weight is 255 g/mol. The zero-order valence-corrected chi connectivity index (χ0v) is 10.4. The molecular weight excluding hydrogens is 240 g/mol. The highest BCUT2D eigenvalue weighted by Crippen LogP contribution is 2.13. The molecule has 0 fully saturated rings. The minimum atomic E-state index is -0.646. The van der Waals surface area contributed by atoms with Crippen molar-refractivity contribution in [2.75, 3.05) is 27.7 Å². The largest absolute Gasteiger partial charge is 0.433 e. The molecule has 1 rings (SSSR count). The summed E-state index contributed by atoms with van der Waals surface area (Å²) in [5.41, 5.74) is 2.31. The molecule has 0 aliphatic heterocycles. The second-order valence-corrected chi connectivity index (χ2v) is 4.67. The lowest BCUT2D eigenvalue weighted by Gasteiger charge is -2.21. The number of carbonyl (C=O) groups is 1. The van der Waals surface area contributed by atoms with Crippen molar-refractivity contribution in [2.24, 2.45) is 5.10 Å². The first kappa shape index (κ1) is 13.8. The Morgan fingerprint density at radius 3 is 2.72 bits per heavy atom. The van der Waals surface area contributed by atoms with Crippen LogP contribution < -0.4 is 5.43 Å². The first-order valence-electron chi connectivity index (χ1n) is 5.14.